The van der Waals surface area contributed by atoms with Crippen molar-refractivity contribution >= 4 is 16.0 Å². The molecular weight excluding hydrogens is 316 g/mol. The van der Waals surface area contributed by atoms with Crippen molar-refractivity contribution in [1.82, 2.24) is 15.4 Å². The molecule has 23 heavy (non-hydrogen) atoms. The van der Waals surface area contributed by atoms with Gasteiger partial charge in [-0.05, 0) is 25.5 Å². The molecule has 0 saturated carbocycles. The SMILES string of the molecule is CCNC(=NCc1ccc(C)cc1OC)NCCNS(C)(=O)=O. The van der Waals surface area contributed by atoms with E-state index >= 15 is 0 Å². The maximum absolute atomic E-state index is 11.0. The average molecular weight is 342 g/mol. The van der Waals surface area contributed by atoms with Crippen LogP contribution in [0.3, 0.4) is 0 Å². The van der Waals surface area contributed by atoms with Crippen LogP contribution in [-0.2, 0) is 16.6 Å². The molecule has 0 saturated heterocycles. The van der Waals surface area contributed by atoms with Crippen LogP contribution in [0.2, 0.25) is 0 Å². The zero-order valence-corrected chi connectivity index (χ0v) is 15.0. The molecule has 0 aliphatic rings. The summed E-state index contributed by atoms with van der Waals surface area (Å²) < 4.78 is 29.8. The van der Waals surface area contributed by atoms with Gasteiger partial charge in [-0.3, -0.25) is 0 Å². The fourth-order valence-corrected chi connectivity index (χ4v) is 2.38. The molecule has 1 aromatic carbocycles. The van der Waals surface area contributed by atoms with Crippen molar-refractivity contribution in [2.45, 2.75) is 20.4 Å². The minimum absolute atomic E-state index is 0.303. The molecule has 0 fully saturated rings. The van der Waals surface area contributed by atoms with Gasteiger partial charge in [-0.25, -0.2) is 18.1 Å². The second-order valence-electron chi connectivity index (χ2n) is 5.10. The summed E-state index contributed by atoms with van der Waals surface area (Å²) in [6.07, 6.45) is 1.13. The van der Waals surface area contributed by atoms with Gasteiger partial charge in [0.05, 0.1) is 19.9 Å². The lowest BCUT2D eigenvalue weighted by Gasteiger charge is -2.12. The van der Waals surface area contributed by atoms with Gasteiger partial charge in [-0.15, -0.1) is 0 Å². The highest BCUT2D eigenvalue weighted by atomic mass is 32.2. The molecule has 0 bridgehead atoms. The second-order valence-corrected chi connectivity index (χ2v) is 6.94. The molecule has 1 aromatic rings. The van der Waals surface area contributed by atoms with Crippen LogP contribution in [0.5, 0.6) is 5.75 Å². The van der Waals surface area contributed by atoms with Gasteiger partial charge < -0.3 is 15.4 Å². The van der Waals surface area contributed by atoms with Crippen LogP contribution >= 0.6 is 0 Å². The highest BCUT2D eigenvalue weighted by Gasteiger charge is 2.04. The van der Waals surface area contributed by atoms with Crippen LogP contribution in [-0.4, -0.2) is 47.4 Å². The number of benzene rings is 1. The van der Waals surface area contributed by atoms with Crippen molar-refractivity contribution < 1.29 is 13.2 Å². The summed E-state index contributed by atoms with van der Waals surface area (Å²) in [4.78, 5) is 4.49. The average Bonchev–Trinajstić information content (AvgIpc) is 2.48. The molecule has 0 atom stereocenters. The van der Waals surface area contributed by atoms with Crippen molar-refractivity contribution in [3.05, 3.63) is 29.3 Å². The van der Waals surface area contributed by atoms with Crippen LogP contribution in [0, 0.1) is 6.92 Å². The molecule has 0 amide bonds. The molecule has 3 N–H and O–H groups in total. The Balaban J connectivity index is 2.64. The lowest BCUT2D eigenvalue weighted by molar-refractivity contribution is 0.409. The van der Waals surface area contributed by atoms with Crippen molar-refractivity contribution in [3.8, 4) is 5.75 Å². The van der Waals surface area contributed by atoms with Crippen LogP contribution in [0.15, 0.2) is 23.2 Å². The maximum atomic E-state index is 11.0. The summed E-state index contributed by atoms with van der Waals surface area (Å²) in [5.41, 5.74) is 2.12. The van der Waals surface area contributed by atoms with E-state index in [9.17, 15) is 8.42 Å². The number of hydrogen-bond acceptors (Lipinski definition) is 4. The number of sulfonamides is 1. The third-order valence-electron chi connectivity index (χ3n) is 2.98. The predicted octanol–water partition coefficient (Wildman–Crippen LogP) is 0.608. The Morgan fingerprint density at radius 1 is 1.26 bits per heavy atom. The van der Waals surface area contributed by atoms with Crippen LogP contribution in [0.1, 0.15) is 18.1 Å². The largest absolute Gasteiger partial charge is 0.496 e. The van der Waals surface area contributed by atoms with Crippen molar-refractivity contribution in [1.29, 1.82) is 0 Å². The van der Waals surface area contributed by atoms with Gasteiger partial charge in [0, 0.05) is 25.2 Å². The van der Waals surface area contributed by atoms with Crippen LogP contribution in [0.4, 0.5) is 0 Å². The Morgan fingerprint density at radius 2 is 2.00 bits per heavy atom. The molecule has 8 heteroatoms. The minimum atomic E-state index is -3.17. The zero-order valence-electron chi connectivity index (χ0n) is 14.1. The lowest BCUT2D eigenvalue weighted by Crippen LogP contribution is -2.41. The van der Waals surface area contributed by atoms with Crippen LogP contribution < -0.4 is 20.1 Å². The molecule has 0 radical (unpaired) electrons. The lowest BCUT2D eigenvalue weighted by atomic mass is 10.1. The van der Waals surface area contributed by atoms with E-state index in [1.54, 1.807) is 7.11 Å². The molecule has 0 aliphatic carbocycles. The van der Waals surface area contributed by atoms with E-state index in [0.29, 0.717) is 25.6 Å². The molecule has 0 unspecified atom stereocenters. The van der Waals surface area contributed by atoms with E-state index in [2.05, 4.69) is 20.3 Å². The fourth-order valence-electron chi connectivity index (χ4n) is 1.91. The Kier molecular flexibility index (Phi) is 7.84. The Bertz CT molecular complexity index is 630. The number of aliphatic imine (C=N–C) groups is 1. The van der Waals surface area contributed by atoms with E-state index in [0.717, 1.165) is 29.7 Å². The van der Waals surface area contributed by atoms with Gasteiger partial charge in [0.2, 0.25) is 10.0 Å². The van der Waals surface area contributed by atoms with Crippen molar-refractivity contribution in [2.75, 3.05) is 33.0 Å². The summed E-state index contributed by atoms with van der Waals surface area (Å²) in [5.74, 6) is 1.44. The Morgan fingerprint density at radius 3 is 2.61 bits per heavy atom. The topological polar surface area (TPSA) is 91.8 Å². The highest BCUT2D eigenvalue weighted by Crippen LogP contribution is 2.20. The van der Waals surface area contributed by atoms with Gasteiger partial charge in [0.1, 0.15) is 5.75 Å². The standard InChI is InChI=1S/C15H26N4O3S/c1-5-16-15(17-8-9-19-23(4,20)21)18-11-13-7-6-12(2)10-14(13)22-3/h6-7,10,19H,5,8-9,11H2,1-4H3,(H2,16,17,18). The van der Waals surface area contributed by atoms with E-state index in [-0.39, 0.29) is 0 Å². The number of nitrogens with zero attached hydrogens (tertiary/aromatic N) is 1. The summed E-state index contributed by atoms with van der Waals surface area (Å²) >= 11 is 0. The summed E-state index contributed by atoms with van der Waals surface area (Å²) in [7, 11) is -1.53. The first-order chi connectivity index (χ1) is 10.9. The third-order valence-corrected chi connectivity index (χ3v) is 3.70. The summed E-state index contributed by atoms with van der Waals surface area (Å²) in [6, 6.07) is 5.98. The van der Waals surface area contributed by atoms with E-state index in [4.69, 9.17) is 4.74 Å². The van der Waals surface area contributed by atoms with Crippen LogP contribution in [0.25, 0.3) is 0 Å². The van der Waals surface area contributed by atoms with Gasteiger partial charge in [0.25, 0.3) is 0 Å². The van der Waals surface area contributed by atoms with Gasteiger partial charge in [-0.1, -0.05) is 12.1 Å². The second kappa shape index (κ2) is 9.36. The third kappa shape index (κ3) is 7.85. The van der Waals surface area contributed by atoms with E-state index < -0.39 is 10.0 Å². The number of guanidine groups is 1. The predicted molar refractivity (Wildman–Crippen MR) is 93.4 cm³/mol. The van der Waals surface area contributed by atoms with Crippen molar-refractivity contribution in [3.63, 3.8) is 0 Å². The first-order valence-electron chi connectivity index (χ1n) is 7.46. The monoisotopic (exact) mass is 342 g/mol. The maximum Gasteiger partial charge on any atom is 0.208 e. The first-order valence-corrected chi connectivity index (χ1v) is 9.35. The van der Waals surface area contributed by atoms with Crippen molar-refractivity contribution in [2.24, 2.45) is 4.99 Å². The van der Waals surface area contributed by atoms with E-state index in [1.165, 1.54) is 0 Å². The minimum Gasteiger partial charge on any atom is -0.496 e. The number of methoxy groups -OCH3 is 1. The molecule has 1 rings (SSSR count). The van der Waals surface area contributed by atoms with Gasteiger partial charge >= 0.3 is 0 Å². The first kappa shape index (κ1) is 19.2. The smallest absolute Gasteiger partial charge is 0.208 e. The number of hydrogen-bond donors (Lipinski definition) is 3. The molecule has 130 valence electrons. The Hall–Kier alpha value is -1.80. The Labute approximate surface area is 138 Å². The molecule has 7 nitrogen and oxygen atoms in total. The molecular formula is C15H26N4O3S. The zero-order chi connectivity index (χ0) is 17.3. The molecule has 0 aromatic heterocycles. The van der Waals surface area contributed by atoms with Gasteiger partial charge in [0.15, 0.2) is 5.96 Å². The molecule has 0 aliphatic heterocycles. The summed E-state index contributed by atoms with van der Waals surface area (Å²) in [5, 5.41) is 6.20. The van der Waals surface area contributed by atoms with Gasteiger partial charge in [-0.2, -0.15) is 0 Å². The number of ether oxygens (including phenoxy) is 1. The summed E-state index contributed by atoms with van der Waals surface area (Å²) in [6.45, 7) is 5.92. The molecule has 0 heterocycles. The number of aryl methyl sites for hydroxylation is 1. The normalized spacial score (nSPS) is 12.1. The number of rotatable bonds is 8. The quantitative estimate of drug-likeness (QED) is 0.366. The van der Waals surface area contributed by atoms with E-state index in [1.807, 2.05) is 32.0 Å². The fraction of sp³-hybridized carbons (Fsp3) is 0.533. The highest BCUT2D eigenvalue weighted by molar-refractivity contribution is 7.88. The molecule has 0 spiro atoms. The number of nitrogens with one attached hydrogen (secondary N) is 3.